The molecule has 0 aromatic carbocycles. The first-order valence-corrected chi connectivity index (χ1v) is 5.84. The number of carbonyl (C=O) groups excluding carboxylic acids is 1. The third-order valence-corrected chi connectivity index (χ3v) is 3.10. The van der Waals surface area contributed by atoms with Crippen molar-refractivity contribution >= 4 is 17.7 Å². The monoisotopic (exact) mass is 224 g/mol. The summed E-state index contributed by atoms with van der Waals surface area (Å²) in [6.07, 6.45) is 3.60. The second-order valence-corrected chi connectivity index (χ2v) is 4.49. The lowest BCUT2D eigenvalue weighted by Crippen LogP contribution is -2.30. The summed E-state index contributed by atoms with van der Waals surface area (Å²) in [5.41, 5.74) is 0. The zero-order valence-electron chi connectivity index (χ0n) is 8.18. The highest BCUT2D eigenvalue weighted by molar-refractivity contribution is 7.99. The standard InChI is InChI=1S/C10H12N2O2S/c13-9(11-8-4-5-8)7-15-10-3-1-2-6-12(10)14/h1-3,6,8H,4-5,7H2,(H,11,13). The molecule has 1 aromatic heterocycles. The van der Waals surface area contributed by atoms with Gasteiger partial charge < -0.3 is 10.5 Å². The molecule has 1 amide bonds. The second-order valence-electron chi connectivity index (χ2n) is 3.50. The molecule has 1 fully saturated rings. The van der Waals surface area contributed by atoms with Gasteiger partial charge in [-0.05, 0) is 30.7 Å². The quantitative estimate of drug-likeness (QED) is 0.465. The van der Waals surface area contributed by atoms with Gasteiger partial charge in [0, 0.05) is 18.2 Å². The van der Waals surface area contributed by atoms with E-state index in [9.17, 15) is 10.0 Å². The van der Waals surface area contributed by atoms with E-state index in [0.717, 1.165) is 17.6 Å². The van der Waals surface area contributed by atoms with Crippen LogP contribution in [0.2, 0.25) is 0 Å². The lowest BCUT2D eigenvalue weighted by atomic mass is 10.5. The van der Waals surface area contributed by atoms with Crippen molar-refractivity contribution in [3.63, 3.8) is 0 Å². The Morgan fingerprint density at radius 1 is 1.60 bits per heavy atom. The maximum atomic E-state index is 11.3. The topological polar surface area (TPSA) is 56.0 Å². The summed E-state index contributed by atoms with van der Waals surface area (Å²) >= 11 is 1.26. The SMILES string of the molecule is O=C(CSc1cccc[n+]1[O-])NC1CC1. The number of nitrogens with zero attached hydrogens (tertiary/aromatic N) is 1. The van der Waals surface area contributed by atoms with E-state index in [2.05, 4.69) is 5.32 Å². The van der Waals surface area contributed by atoms with Crippen LogP contribution in [0, 0.1) is 5.21 Å². The lowest BCUT2D eigenvalue weighted by Gasteiger charge is -2.03. The average Bonchev–Trinajstić information content (AvgIpc) is 3.00. The van der Waals surface area contributed by atoms with Gasteiger partial charge >= 0.3 is 0 Å². The molecule has 0 aliphatic heterocycles. The number of amides is 1. The molecule has 0 radical (unpaired) electrons. The number of aromatic nitrogens is 1. The highest BCUT2D eigenvalue weighted by Crippen LogP contribution is 2.19. The molecule has 1 aliphatic carbocycles. The van der Waals surface area contributed by atoms with E-state index in [1.807, 2.05) is 0 Å². The maximum absolute atomic E-state index is 11.3. The van der Waals surface area contributed by atoms with Crippen LogP contribution in [0.25, 0.3) is 0 Å². The number of rotatable bonds is 4. The summed E-state index contributed by atoms with van der Waals surface area (Å²) in [5, 5.41) is 14.7. The molecule has 0 bridgehead atoms. The zero-order valence-corrected chi connectivity index (χ0v) is 9.00. The Balaban J connectivity index is 1.81. The van der Waals surface area contributed by atoms with Crippen molar-refractivity contribution in [2.75, 3.05) is 5.75 Å². The molecule has 0 spiro atoms. The van der Waals surface area contributed by atoms with Crippen molar-refractivity contribution in [1.29, 1.82) is 0 Å². The molecule has 1 aromatic rings. The summed E-state index contributed by atoms with van der Waals surface area (Å²) in [5.74, 6) is 0.314. The van der Waals surface area contributed by atoms with Gasteiger partial charge in [-0.3, -0.25) is 4.79 Å². The van der Waals surface area contributed by atoms with Gasteiger partial charge in [-0.1, -0.05) is 0 Å². The number of pyridine rings is 1. The maximum Gasteiger partial charge on any atom is 0.251 e. The molecule has 1 heterocycles. The Bertz CT molecular complexity index is 366. The molecule has 0 saturated heterocycles. The Hall–Kier alpha value is -1.23. The Morgan fingerprint density at radius 2 is 2.40 bits per heavy atom. The van der Waals surface area contributed by atoms with Gasteiger partial charge in [0.2, 0.25) is 5.91 Å². The molecule has 1 saturated carbocycles. The van der Waals surface area contributed by atoms with Crippen LogP contribution in [0.3, 0.4) is 0 Å². The first kappa shape index (κ1) is 10.3. The summed E-state index contributed by atoms with van der Waals surface area (Å²) < 4.78 is 0.773. The molecular weight excluding hydrogens is 212 g/mol. The van der Waals surface area contributed by atoms with Gasteiger partial charge in [-0.2, -0.15) is 4.73 Å². The van der Waals surface area contributed by atoms with Crippen molar-refractivity contribution in [3.8, 4) is 0 Å². The van der Waals surface area contributed by atoms with Gasteiger partial charge in [-0.15, -0.1) is 0 Å². The third kappa shape index (κ3) is 3.13. The van der Waals surface area contributed by atoms with E-state index >= 15 is 0 Å². The first-order chi connectivity index (χ1) is 7.25. The number of nitrogens with one attached hydrogen (secondary N) is 1. The Labute approximate surface area is 92.3 Å². The minimum Gasteiger partial charge on any atom is -0.618 e. The summed E-state index contributed by atoms with van der Waals surface area (Å²) in [7, 11) is 0. The fraction of sp³-hybridized carbons (Fsp3) is 0.400. The van der Waals surface area contributed by atoms with Crippen LogP contribution in [0.1, 0.15) is 12.8 Å². The lowest BCUT2D eigenvalue weighted by molar-refractivity contribution is -0.645. The highest BCUT2D eigenvalue weighted by atomic mass is 32.2. The minimum absolute atomic E-state index is 0.00588. The van der Waals surface area contributed by atoms with Crippen LogP contribution in [-0.4, -0.2) is 17.7 Å². The van der Waals surface area contributed by atoms with Crippen molar-refractivity contribution in [2.45, 2.75) is 23.9 Å². The van der Waals surface area contributed by atoms with Gasteiger partial charge in [0.05, 0.1) is 5.75 Å². The smallest absolute Gasteiger partial charge is 0.251 e. The predicted molar refractivity (Wildman–Crippen MR) is 57.3 cm³/mol. The second kappa shape index (κ2) is 4.53. The normalized spacial score (nSPS) is 14.9. The van der Waals surface area contributed by atoms with Gasteiger partial charge in [0.1, 0.15) is 0 Å². The minimum atomic E-state index is 0.00588. The van der Waals surface area contributed by atoms with Crippen LogP contribution >= 0.6 is 11.8 Å². The van der Waals surface area contributed by atoms with Crippen molar-refractivity contribution in [2.24, 2.45) is 0 Å². The molecule has 0 unspecified atom stereocenters. The van der Waals surface area contributed by atoms with Crippen LogP contribution in [0.4, 0.5) is 0 Å². The van der Waals surface area contributed by atoms with Crippen molar-refractivity contribution in [3.05, 3.63) is 29.6 Å². The van der Waals surface area contributed by atoms with Crippen LogP contribution in [0.5, 0.6) is 0 Å². The summed E-state index contributed by atoms with van der Waals surface area (Å²) in [6, 6.07) is 5.55. The Kier molecular flexibility index (Phi) is 3.11. The van der Waals surface area contributed by atoms with Crippen LogP contribution in [-0.2, 0) is 4.79 Å². The third-order valence-electron chi connectivity index (χ3n) is 2.08. The number of thioether (sulfide) groups is 1. The van der Waals surface area contributed by atoms with E-state index in [-0.39, 0.29) is 5.91 Å². The van der Waals surface area contributed by atoms with Gasteiger partial charge in [0.25, 0.3) is 5.03 Å². The first-order valence-electron chi connectivity index (χ1n) is 4.86. The zero-order chi connectivity index (χ0) is 10.7. The fourth-order valence-electron chi connectivity index (χ4n) is 1.16. The number of carbonyl (C=O) groups is 1. The molecule has 1 N–H and O–H groups in total. The van der Waals surface area contributed by atoms with Crippen LogP contribution < -0.4 is 10.0 Å². The molecule has 1 aliphatic rings. The van der Waals surface area contributed by atoms with E-state index in [1.165, 1.54) is 18.0 Å². The average molecular weight is 224 g/mol. The highest BCUT2D eigenvalue weighted by Gasteiger charge is 2.23. The molecule has 0 atom stereocenters. The van der Waals surface area contributed by atoms with Crippen LogP contribution in [0.15, 0.2) is 29.4 Å². The van der Waals surface area contributed by atoms with Gasteiger partial charge in [0.15, 0.2) is 6.20 Å². The van der Waals surface area contributed by atoms with Gasteiger partial charge in [-0.25, -0.2) is 0 Å². The summed E-state index contributed by atoms with van der Waals surface area (Å²) in [4.78, 5) is 11.3. The molecule has 4 nitrogen and oxygen atoms in total. The number of hydrogen-bond acceptors (Lipinski definition) is 3. The molecule has 80 valence electrons. The largest absolute Gasteiger partial charge is 0.618 e. The van der Waals surface area contributed by atoms with Crippen molar-refractivity contribution in [1.82, 2.24) is 5.32 Å². The number of hydrogen-bond donors (Lipinski definition) is 1. The summed E-state index contributed by atoms with van der Waals surface area (Å²) in [6.45, 7) is 0. The predicted octanol–water partition coefficient (Wildman–Crippen LogP) is 0.691. The van der Waals surface area contributed by atoms with E-state index < -0.39 is 0 Å². The fourth-order valence-corrected chi connectivity index (χ4v) is 1.89. The molecule has 15 heavy (non-hydrogen) atoms. The van der Waals surface area contributed by atoms with E-state index in [4.69, 9.17) is 0 Å². The molecular formula is C10H12N2O2S. The molecule has 2 rings (SSSR count). The molecule has 5 heteroatoms. The van der Waals surface area contributed by atoms with E-state index in [0.29, 0.717) is 16.8 Å². The van der Waals surface area contributed by atoms with Crippen molar-refractivity contribution < 1.29 is 9.52 Å². The Morgan fingerprint density at radius 3 is 3.07 bits per heavy atom. The van der Waals surface area contributed by atoms with E-state index in [1.54, 1.807) is 18.2 Å².